The van der Waals surface area contributed by atoms with Crippen molar-refractivity contribution in [2.24, 2.45) is 0 Å². The fourth-order valence-electron chi connectivity index (χ4n) is 13.2. The number of nitrogens with one attached hydrogen (secondary N) is 2. The topological polar surface area (TPSA) is 279 Å². The van der Waals surface area contributed by atoms with Crippen molar-refractivity contribution >= 4 is 39.6 Å². The zero-order valence-electron chi connectivity index (χ0n) is 70.2. The Morgan fingerprint density at radius 1 is 0.287 bits per heavy atom. The first-order valence-corrected chi connectivity index (χ1v) is 47.8. The van der Waals surface area contributed by atoms with Gasteiger partial charge < -0.3 is 53.9 Å². The maximum atomic E-state index is 13.2. The number of esters is 3. The summed E-state index contributed by atoms with van der Waals surface area (Å²) < 4.78 is 83.2. The molecule has 0 radical (unpaired) electrons. The minimum atomic E-state index is -4.75. The van der Waals surface area contributed by atoms with Gasteiger partial charge in [-0.15, -0.1) is 0 Å². The number of phosphoric ester groups is 2. The molecule has 5 N–H and O–H groups in total. The summed E-state index contributed by atoms with van der Waals surface area (Å²) in [6.07, 6.45) is 59.2. The van der Waals surface area contributed by atoms with E-state index in [0.717, 1.165) is 154 Å². The van der Waals surface area contributed by atoms with Gasteiger partial charge in [0.05, 0.1) is 52.9 Å². The summed E-state index contributed by atoms with van der Waals surface area (Å²) in [5, 5.41) is 16.0. The van der Waals surface area contributed by atoms with Crippen LogP contribution in [0.15, 0.2) is 0 Å². The molecule has 0 aliphatic carbocycles. The molecule has 0 rings (SSSR count). The summed E-state index contributed by atoms with van der Waals surface area (Å²) in [6, 6.07) is -0.728. The lowest BCUT2D eigenvalue weighted by atomic mass is 10.0. The molecule has 0 aliphatic heterocycles. The molecule has 0 heterocycles. The Balaban J connectivity index is 5.57. The van der Waals surface area contributed by atoms with Crippen LogP contribution in [0.3, 0.4) is 0 Å². The van der Waals surface area contributed by atoms with Crippen molar-refractivity contribution in [3.05, 3.63) is 0 Å². The fraction of sp³-hybridized carbons (Fsp3) is 0.953. The van der Waals surface area contributed by atoms with E-state index in [9.17, 15) is 43.2 Å². The Morgan fingerprint density at radius 3 is 0.843 bits per heavy atom. The molecular weight excluding hydrogens is 1410 g/mol. The largest absolute Gasteiger partial charge is 0.472 e. The fourth-order valence-corrected chi connectivity index (χ4v) is 14.7. The molecule has 23 heteroatoms. The van der Waals surface area contributed by atoms with Gasteiger partial charge in [0.2, 0.25) is 0 Å². The number of urea groups is 1. The number of hydrogen-bond donors (Lipinski definition) is 5. The first kappa shape index (κ1) is 106. The minimum Gasteiger partial charge on any atom is -0.462 e. The summed E-state index contributed by atoms with van der Waals surface area (Å²) >= 11 is 0. The third-order valence-corrected chi connectivity index (χ3v) is 21.9. The van der Waals surface area contributed by atoms with Crippen LogP contribution in [-0.4, -0.2) is 135 Å². The van der Waals surface area contributed by atoms with E-state index >= 15 is 0 Å². The van der Waals surface area contributed by atoms with Crippen LogP contribution in [-0.2, 0) is 70.0 Å². The first-order chi connectivity index (χ1) is 52.5. The van der Waals surface area contributed by atoms with E-state index in [-0.39, 0.29) is 70.1 Å². The summed E-state index contributed by atoms with van der Waals surface area (Å²) in [4.78, 5) is 73.5. The number of unbranched alkanes of at least 4 members (excludes halogenated alkanes) is 46. The van der Waals surface area contributed by atoms with E-state index in [4.69, 9.17) is 46.5 Å². The number of phosphoric acid groups is 2. The average molecular weight is 1580 g/mol. The SMILES string of the molecule is CCCCCCCCCCCCCCC(=O)OC(COCCC(CCCCCCC)OC(=O)CCCCCCCCCCCC)COP(=O)(O)OCCNC(=O)NCCOP(=O)(O)OCC(COCCC(CCCCCCC)OC(=O)CCCCCCCCCCC)OC(O)CCCCCCCCCCCCC. The molecule has 21 nitrogen and oxygen atoms in total. The van der Waals surface area contributed by atoms with Gasteiger partial charge in [0.25, 0.3) is 0 Å². The van der Waals surface area contributed by atoms with E-state index < -0.39 is 72.6 Å². The van der Waals surface area contributed by atoms with Crippen molar-refractivity contribution in [2.75, 3.05) is 65.9 Å². The second-order valence-electron chi connectivity index (χ2n) is 30.5. The van der Waals surface area contributed by atoms with E-state index in [2.05, 4.69) is 52.2 Å². The highest BCUT2D eigenvalue weighted by molar-refractivity contribution is 7.47. The molecule has 7 atom stereocenters. The average Bonchev–Trinajstić information content (AvgIpc) is 0.915. The van der Waals surface area contributed by atoms with E-state index in [1.54, 1.807) is 0 Å². The lowest BCUT2D eigenvalue weighted by Crippen LogP contribution is -2.38. The maximum absolute atomic E-state index is 13.2. The number of ether oxygens (including phenoxy) is 6. The predicted octanol–water partition coefficient (Wildman–Crippen LogP) is 23.6. The Labute approximate surface area is 660 Å². The lowest BCUT2D eigenvalue weighted by Gasteiger charge is -2.23. The Hall–Kier alpha value is -2.26. The second-order valence-corrected chi connectivity index (χ2v) is 33.4. The van der Waals surface area contributed by atoms with Crippen molar-refractivity contribution < 1.29 is 89.7 Å². The van der Waals surface area contributed by atoms with Gasteiger partial charge in [0.1, 0.15) is 24.4 Å². The smallest absolute Gasteiger partial charge is 0.462 e. The van der Waals surface area contributed by atoms with Crippen molar-refractivity contribution in [3.8, 4) is 0 Å². The van der Waals surface area contributed by atoms with Crippen LogP contribution in [0.5, 0.6) is 0 Å². The number of aliphatic hydroxyl groups is 1. The van der Waals surface area contributed by atoms with Gasteiger partial charge >= 0.3 is 39.6 Å². The number of amides is 2. The summed E-state index contributed by atoms with van der Waals surface area (Å²) in [5.74, 6) is -0.877. The standard InChI is InChI=1S/C85H168N2O19P2/c1-7-13-19-25-29-33-36-38-42-46-52-58-64-84(91)106-80(74-98-70-66-78(60-54-48-24-18-12-6)104-82(89)62-56-50-44-40-35-31-27-21-15-9-3)76-102-108(95,96)100-72-68-87-85(92)86-67-71-99-107(93,94)101-75-79(105-83(90)63-57-51-45-41-37-34-30-26-20-14-8-2)73-97-69-65-77(59-53-47-23-17-11-5)103-81(88)61-55-49-43-39-32-28-22-16-10-4/h77-80,83,90H,7-76H2,1-6H3,(H,93,94)(H,95,96)(H2,86,87,92). The van der Waals surface area contributed by atoms with Gasteiger partial charge in [-0.25, -0.2) is 13.9 Å². The van der Waals surface area contributed by atoms with Gasteiger partial charge in [-0.05, 0) is 57.8 Å². The Morgan fingerprint density at radius 2 is 0.537 bits per heavy atom. The van der Waals surface area contributed by atoms with Gasteiger partial charge in [-0.1, -0.05) is 337 Å². The first-order valence-electron chi connectivity index (χ1n) is 44.9. The molecule has 642 valence electrons. The van der Waals surface area contributed by atoms with Crippen LogP contribution in [0.2, 0.25) is 0 Å². The van der Waals surface area contributed by atoms with Crippen molar-refractivity contribution in [1.82, 2.24) is 10.6 Å². The molecule has 0 saturated heterocycles. The van der Waals surface area contributed by atoms with Crippen LogP contribution in [0.25, 0.3) is 0 Å². The van der Waals surface area contributed by atoms with Gasteiger partial charge in [0.15, 0.2) is 6.29 Å². The highest BCUT2D eigenvalue weighted by Crippen LogP contribution is 2.44. The van der Waals surface area contributed by atoms with Crippen molar-refractivity contribution in [1.29, 1.82) is 0 Å². The van der Waals surface area contributed by atoms with Gasteiger partial charge in [-0.2, -0.15) is 0 Å². The zero-order valence-corrected chi connectivity index (χ0v) is 71.9. The summed E-state index contributed by atoms with van der Waals surface area (Å²) in [5.41, 5.74) is 0. The second kappa shape index (κ2) is 79.9. The van der Waals surface area contributed by atoms with Gasteiger partial charge in [0, 0.05) is 45.2 Å². The van der Waals surface area contributed by atoms with Crippen LogP contribution in [0.4, 0.5) is 4.79 Å². The molecule has 0 aromatic rings. The quantitative estimate of drug-likeness (QED) is 0.0124. The van der Waals surface area contributed by atoms with Crippen molar-refractivity contribution in [3.63, 3.8) is 0 Å². The van der Waals surface area contributed by atoms with Gasteiger partial charge in [-0.3, -0.25) is 32.5 Å². The molecule has 0 fully saturated rings. The lowest BCUT2D eigenvalue weighted by molar-refractivity contribution is -0.166. The summed E-state index contributed by atoms with van der Waals surface area (Å²) in [7, 11) is -9.46. The molecule has 0 saturated carbocycles. The Bertz CT molecular complexity index is 2090. The molecule has 7 unspecified atom stereocenters. The Kier molecular flexibility index (Phi) is 78.3. The van der Waals surface area contributed by atoms with Crippen LogP contribution in [0, 0.1) is 0 Å². The van der Waals surface area contributed by atoms with E-state index in [1.807, 2.05) is 0 Å². The molecule has 0 bridgehead atoms. The minimum absolute atomic E-state index is 0.0832. The monoisotopic (exact) mass is 1580 g/mol. The molecular formula is C85H168N2O19P2. The van der Waals surface area contributed by atoms with Crippen LogP contribution < -0.4 is 10.6 Å². The highest BCUT2D eigenvalue weighted by Gasteiger charge is 2.28. The van der Waals surface area contributed by atoms with E-state index in [0.29, 0.717) is 44.9 Å². The molecule has 108 heavy (non-hydrogen) atoms. The number of aliphatic hydroxyl groups excluding tert-OH is 1. The maximum Gasteiger partial charge on any atom is 0.472 e. The number of hydrogen-bond acceptors (Lipinski definition) is 17. The third kappa shape index (κ3) is 76.4. The number of rotatable bonds is 87. The third-order valence-electron chi connectivity index (χ3n) is 19.9. The molecule has 0 aromatic carbocycles. The molecule has 0 aliphatic rings. The molecule has 0 aromatic heterocycles. The molecule has 0 spiro atoms. The zero-order chi connectivity index (χ0) is 79.2. The summed E-state index contributed by atoms with van der Waals surface area (Å²) in [6.45, 7) is 11.2. The molecule has 2 amide bonds. The van der Waals surface area contributed by atoms with Crippen molar-refractivity contribution in [2.45, 2.75) is 457 Å². The van der Waals surface area contributed by atoms with E-state index in [1.165, 1.54) is 180 Å². The predicted molar refractivity (Wildman–Crippen MR) is 438 cm³/mol. The number of carbonyl (C=O) groups is 4. The van der Waals surface area contributed by atoms with Crippen LogP contribution in [0.1, 0.15) is 427 Å². The number of carbonyl (C=O) groups excluding carboxylic acids is 4. The normalized spacial score (nSPS) is 14.2. The van der Waals surface area contributed by atoms with Crippen LogP contribution >= 0.6 is 15.6 Å². The highest BCUT2D eigenvalue weighted by atomic mass is 31.2.